The number of aromatic nitrogens is 3. The van der Waals surface area contributed by atoms with Gasteiger partial charge in [-0.1, -0.05) is 24.3 Å². The lowest BCUT2D eigenvalue weighted by atomic mass is 10.0. The van der Waals surface area contributed by atoms with Crippen molar-refractivity contribution in [1.29, 1.82) is 0 Å². The summed E-state index contributed by atoms with van der Waals surface area (Å²) in [7, 11) is 1.73. The Balaban J connectivity index is 1.95. The number of nitrogens with zero attached hydrogens (tertiary/aromatic N) is 3. The number of benzene rings is 1. The zero-order valence-electron chi connectivity index (χ0n) is 12.8. The van der Waals surface area contributed by atoms with Gasteiger partial charge in [0.1, 0.15) is 5.82 Å². The van der Waals surface area contributed by atoms with E-state index >= 15 is 0 Å². The van der Waals surface area contributed by atoms with Crippen LogP contribution in [0, 0.1) is 0 Å². The third kappa shape index (κ3) is 3.07. The molecule has 0 amide bonds. The summed E-state index contributed by atoms with van der Waals surface area (Å²) in [6.07, 6.45) is 7.62. The van der Waals surface area contributed by atoms with Gasteiger partial charge >= 0.3 is 0 Å². The molecular weight excluding hydrogens is 274 g/mol. The van der Waals surface area contributed by atoms with Crippen LogP contribution in [0.4, 0.5) is 0 Å². The fourth-order valence-electron chi connectivity index (χ4n) is 2.44. The third-order valence-electron chi connectivity index (χ3n) is 3.69. The molecule has 2 heterocycles. The predicted octanol–water partition coefficient (Wildman–Crippen LogP) is 3.65. The highest BCUT2D eigenvalue weighted by Crippen LogP contribution is 2.25. The van der Waals surface area contributed by atoms with E-state index in [4.69, 9.17) is 4.74 Å². The molecule has 1 unspecified atom stereocenters. The van der Waals surface area contributed by atoms with Crippen LogP contribution < -0.4 is 0 Å². The third-order valence-corrected chi connectivity index (χ3v) is 3.69. The van der Waals surface area contributed by atoms with Gasteiger partial charge in [-0.2, -0.15) is 0 Å². The van der Waals surface area contributed by atoms with Crippen LogP contribution in [0.15, 0.2) is 61.2 Å². The Morgan fingerprint density at radius 1 is 1.09 bits per heavy atom. The fourth-order valence-corrected chi connectivity index (χ4v) is 2.44. The zero-order valence-corrected chi connectivity index (χ0v) is 12.8. The first-order valence-electron chi connectivity index (χ1n) is 7.32. The van der Waals surface area contributed by atoms with Gasteiger partial charge in [0.15, 0.2) is 0 Å². The number of hydrogen-bond acceptors (Lipinski definition) is 3. The summed E-state index contributed by atoms with van der Waals surface area (Å²) in [5, 5.41) is 0. The van der Waals surface area contributed by atoms with Gasteiger partial charge in [0, 0.05) is 43.0 Å². The van der Waals surface area contributed by atoms with E-state index < -0.39 is 0 Å². The standard InChI is InChI=1S/C18H19N3O/c1-14(22-2)13-21-10-9-20-18(21)16-6-3-5-15(11-16)17-7-4-8-19-12-17/h3-12,14H,13H2,1-2H3. The molecule has 4 heteroatoms. The Hall–Kier alpha value is -2.46. The van der Waals surface area contributed by atoms with Crippen LogP contribution in [0.25, 0.3) is 22.5 Å². The molecule has 0 aliphatic heterocycles. The molecule has 0 aliphatic rings. The molecule has 0 N–H and O–H groups in total. The molecule has 0 saturated carbocycles. The number of pyridine rings is 1. The van der Waals surface area contributed by atoms with Crippen molar-refractivity contribution < 1.29 is 4.74 Å². The van der Waals surface area contributed by atoms with Gasteiger partial charge in [0.2, 0.25) is 0 Å². The van der Waals surface area contributed by atoms with E-state index in [2.05, 4.69) is 51.8 Å². The van der Waals surface area contributed by atoms with Crippen molar-refractivity contribution in [3.05, 3.63) is 61.2 Å². The summed E-state index contributed by atoms with van der Waals surface area (Å²) in [6, 6.07) is 12.4. The van der Waals surface area contributed by atoms with E-state index in [9.17, 15) is 0 Å². The summed E-state index contributed by atoms with van der Waals surface area (Å²) in [4.78, 5) is 8.68. The second-order valence-electron chi connectivity index (χ2n) is 5.27. The van der Waals surface area contributed by atoms with E-state index in [1.807, 2.05) is 24.7 Å². The molecule has 3 rings (SSSR count). The summed E-state index contributed by atoms with van der Waals surface area (Å²) in [5.41, 5.74) is 3.34. The van der Waals surface area contributed by atoms with Crippen LogP contribution in [0.2, 0.25) is 0 Å². The van der Waals surface area contributed by atoms with Crippen molar-refractivity contribution in [2.75, 3.05) is 7.11 Å². The van der Waals surface area contributed by atoms with Crippen LogP contribution >= 0.6 is 0 Å². The van der Waals surface area contributed by atoms with Gasteiger partial charge in [0.05, 0.1) is 12.6 Å². The average molecular weight is 293 g/mol. The molecule has 4 nitrogen and oxygen atoms in total. The quantitative estimate of drug-likeness (QED) is 0.721. The maximum Gasteiger partial charge on any atom is 0.139 e. The second-order valence-corrected chi connectivity index (χ2v) is 5.27. The second kappa shape index (κ2) is 6.54. The van der Waals surface area contributed by atoms with Crippen molar-refractivity contribution in [2.45, 2.75) is 19.6 Å². The van der Waals surface area contributed by atoms with Gasteiger partial charge in [-0.15, -0.1) is 0 Å². The lowest BCUT2D eigenvalue weighted by Crippen LogP contribution is -2.14. The molecule has 0 radical (unpaired) electrons. The molecule has 0 bridgehead atoms. The van der Waals surface area contributed by atoms with Crippen LogP contribution in [-0.4, -0.2) is 27.7 Å². The molecular formula is C18H19N3O. The highest BCUT2D eigenvalue weighted by Gasteiger charge is 2.10. The minimum absolute atomic E-state index is 0.148. The lowest BCUT2D eigenvalue weighted by Gasteiger charge is -2.13. The molecule has 112 valence electrons. The van der Waals surface area contributed by atoms with Crippen LogP contribution in [-0.2, 0) is 11.3 Å². The smallest absolute Gasteiger partial charge is 0.139 e. The van der Waals surface area contributed by atoms with Crippen LogP contribution in [0.5, 0.6) is 0 Å². The molecule has 22 heavy (non-hydrogen) atoms. The first-order chi connectivity index (χ1) is 10.8. The van der Waals surface area contributed by atoms with Crippen LogP contribution in [0.1, 0.15) is 6.92 Å². The summed E-state index contributed by atoms with van der Waals surface area (Å²) >= 11 is 0. The van der Waals surface area contributed by atoms with Crippen molar-refractivity contribution in [1.82, 2.24) is 14.5 Å². The average Bonchev–Trinajstić information content (AvgIpc) is 3.04. The van der Waals surface area contributed by atoms with Gasteiger partial charge in [-0.25, -0.2) is 4.98 Å². The SMILES string of the molecule is COC(C)Cn1ccnc1-c1cccc(-c2cccnc2)c1. The van der Waals surface area contributed by atoms with E-state index in [0.29, 0.717) is 0 Å². The van der Waals surface area contributed by atoms with Crippen molar-refractivity contribution in [2.24, 2.45) is 0 Å². The number of methoxy groups -OCH3 is 1. The van der Waals surface area contributed by atoms with Crippen molar-refractivity contribution >= 4 is 0 Å². The molecule has 1 atom stereocenters. The minimum atomic E-state index is 0.148. The summed E-state index contributed by atoms with van der Waals surface area (Å²) in [5.74, 6) is 0.953. The molecule has 0 aliphatic carbocycles. The molecule has 0 spiro atoms. The minimum Gasteiger partial charge on any atom is -0.380 e. The Bertz CT molecular complexity index is 737. The van der Waals surface area contributed by atoms with E-state index in [1.54, 1.807) is 13.3 Å². The zero-order chi connectivity index (χ0) is 15.4. The number of ether oxygens (including phenoxy) is 1. The molecule has 0 saturated heterocycles. The Morgan fingerprint density at radius 3 is 2.68 bits per heavy atom. The predicted molar refractivity (Wildman–Crippen MR) is 87.4 cm³/mol. The van der Waals surface area contributed by atoms with E-state index in [1.165, 1.54) is 0 Å². The van der Waals surface area contributed by atoms with E-state index in [-0.39, 0.29) is 6.10 Å². The van der Waals surface area contributed by atoms with E-state index in [0.717, 1.165) is 29.1 Å². The summed E-state index contributed by atoms with van der Waals surface area (Å²) < 4.78 is 7.47. The number of rotatable bonds is 5. The molecule has 3 aromatic rings. The highest BCUT2D eigenvalue weighted by molar-refractivity contribution is 5.69. The number of imidazole rings is 1. The molecule has 2 aromatic heterocycles. The van der Waals surface area contributed by atoms with Gasteiger partial charge in [-0.3, -0.25) is 4.98 Å². The van der Waals surface area contributed by atoms with Crippen molar-refractivity contribution in [3.63, 3.8) is 0 Å². The Morgan fingerprint density at radius 2 is 1.91 bits per heavy atom. The van der Waals surface area contributed by atoms with Crippen molar-refractivity contribution in [3.8, 4) is 22.5 Å². The van der Waals surface area contributed by atoms with Gasteiger partial charge in [0.25, 0.3) is 0 Å². The highest BCUT2D eigenvalue weighted by atomic mass is 16.5. The largest absolute Gasteiger partial charge is 0.380 e. The lowest BCUT2D eigenvalue weighted by molar-refractivity contribution is 0.103. The number of hydrogen-bond donors (Lipinski definition) is 0. The maximum absolute atomic E-state index is 5.35. The first kappa shape index (κ1) is 14.5. The Kier molecular flexibility index (Phi) is 4.30. The van der Waals surface area contributed by atoms with Gasteiger partial charge in [-0.05, 0) is 24.6 Å². The van der Waals surface area contributed by atoms with Gasteiger partial charge < -0.3 is 9.30 Å². The normalized spacial score (nSPS) is 12.3. The maximum atomic E-state index is 5.35. The molecule has 1 aromatic carbocycles. The fraction of sp³-hybridized carbons (Fsp3) is 0.222. The topological polar surface area (TPSA) is 39.9 Å². The molecule has 0 fully saturated rings. The Labute approximate surface area is 130 Å². The first-order valence-corrected chi connectivity index (χ1v) is 7.32. The monoisotopic (exact) mass is 293 g/mol. The van der Waals surface area contributed by atoms with Crippen LogP contribution in [0.3, 0.4) is 0 Å². The summed E-state index contributed by atoms with van der Waals surface area (Å²) in [6.45, 7) is 2.83.